The van der Waals surface area contributed by atoms with Crippen LogP contribution in [0.2, 0.25) is 0 Å². The molecule has 1 aromatic heterocycles. The van der Waals surface area contributed by atoms with Crippen molar-refractivity contribution in [3.8, 4) is 0 Å². The summed E-state index contributed by atoms with van der Waals surface area (Å²) in [5.74, 6) is 1.80. The van der Waals surface area contributed by atoms with Gasteiger partial charge in [0.25, 0.3) is 0 Å². The zero-order valence-corrected chi connectivity index (χ0v) is 15.3. The van der Waals surface area contributed by atoms with E-state index in [0.717, 1.165) is 57.4 Å². The number of imidazole rings is 1. The fourth-order valence-corrected chi connectivity index (χ4v) is 3.86. The number of amides is 1. The molecule has 23 heavy (non-hydrogen) atoms. The van der Waals surface area contributed by atoms with Crippen LogP contribution in [-0.2, 0) is 4.79 Å². The van der Waals surface area contributed by atoms with Gasteiger partial charge in [-0.1, -0.05) is 12.8 Å². The lowest BCUT2D eigenvalue weighted by Gasteiger charge is -2.41. The summed E-state index contributed by atoms with van der Waals surface area (Å²) in [5.41, 5.74) is 6.05. The van der Waals surface area contributed by atoms with Gasteiger partial charge >= 0.3 is 0 Å². The van der Waals surface area contributed by atoms with Gasteiger partial charge in [0.15, 0.2) is 0 Å². The minimum Gasteiger partial charge on any atom is -0.348 e. The third kappa shape index (κ3) is 4.40. The normalized spacial score (nSPS) is 28.6. The maximum absolute atomic E-state index is 12.8. The zero-order valence-electron chi connectivity index (χ0n) is 13.7. The van der Waals surface area contributed by atoms with Crippen molar-refractivity contribution in [3.63, 3.8) is 0 Å². The van der Waals surface area contributed by atoms with E-state index in [-0.39, 0.29) is 42.2 Å². The number of H-pyrrole nitrogens is 1. The summed E-state index contributed by atoms with van der Waals surface area (Å²) >= 11 is 0. The van der Waals surface area contributed by atoms with Gasteiger partial charge in [0.05, 0.1) is 5.92 Å². The monoisotopic (exact) mass is 362 g/mol. The van der Waals surface area contributed by atoms with Crippen LogP contribution in [0.3, 0.4) is 0 Å². The van der Waals surface area contributed by atoms with Crippen LogP contribution in [0, 0.1) is 5.92 Å². The Morgan fingerprint density at radius 3 is 2.57 bits per heavy atom. The number of aromatic amines is 1. The van der Waals surface area contributed by atoms with E-state index in [9.17, 15) is 4.79 Å². The van der Waals surface area contributed by atoms with Crippen molar-refractivity contribution in [2.45, 2.75) is 56.9 Å². The van der Waals surface area contributed by atoms with Gasteiger partial charge in [-0.05, 0) is 32.6 Å². The summed E-state index contributed by atoms with van der Waals surface area (Å²) in [7, 11) is 0. The Morgan fingerprint density at radius 1 is 1.30 bits per heavy atom. The highest BCUT2D eigenvalue weighted by Crippen LogP contribution is 2.34. The van der Waals surface area contributed by atoms with Gasteiger partial charge < -0.3 is 15.6 Å². The standard InChI is InChI=1S/C16H26N4O.2ClH/c1-16(17)7-3-2-4-13(16)15(21)20-10-5-12(6-11-20)14-18-8-9-19-14;;/h8-9,12-13H,2-7,10-11,17H2,1H3,(H,18,19);2*1H. The molecule has 2 unspecified atom stereocenters. The summed E-state index contributed by atoms with van der Waals surface area (Å²) in [6.45, 7) is 3.71. The quantitative estimate of drug-likeness (QED) is 0.848. The summed E-state index contributed by atoms with van der Waals surface area (Å²) < 4.78 is 0. The number of carbonyl (C=O) groups excluding carboxylic acids is 1. The maximum Gasteiger partial charge on any atom is 0.227 e. The summed E-state index contributed by atoms with van der Waals surface area (Å²) in [5, 5.41) is 0. The van der Waals surface area contributed by atoms with Crippen LogP contribution in [0.5, 0.6) is 0 Å². The number of piperidine rings is 1. The number of nitrogens with one attached hydrogen (secondary N) is 1. The van der Waals surface area contributed by atoms with Crippen molar-refractivity contribution >= 4 is 30.7 Å². The van der Waals surface area contributed by atoms with Crippen molar-refractivity contribution in [3.05, 3.63) is 18.2 Å². The molecule has 2 aliphatic rings. The second kappa shape index (κ2) is 8.36. The fourth-order valence-electron chi connectivity index (χ4n) is 3.86. The van der Waals surface area contributed by atoms with E-state index in [4.69, 9.17) is 5.73 Å². The van der Waals surface area contributed by atoms with Gasteiger partial charge in [0.1, 0.15) is 5.82 Å². The molecule has 0 radical (unpaired) electrons. The first-order valence-corrected chi connectivity index (χ1v) is 8.15. The highest BCUT2D eigenvalue weighted by Gasteiger charge is 2.40. The molecule has 3 N–H and O–H groups in total. The number of aromatic nitrogens is 2. The Labute approximate surface area is 150 Å². The van der Waals surface area contributed by atoms with Crippen molar-refractivity contribution in [2.24, 2.45) is 11.7 Å². The molecule has 3 rings (SSSR count). The van der Waals surface area contributed by atoms with Crippen LogP contribution in [0.15, 0.2) is 12.4 Å². The Hall–Kier alpha value is -0.780. The van der Waals surface area contributed by atoms with Gasteiger partial charge in [-0.15, -0.1) is 24.8 Å². The summed E-state index contributed by atoms with van der Waals surface area (Å²) in [4.78, 5) is 22.3. The maximum atomic E-state index is 12.8. The lowest BCUT2D eigenvalue weighted by Crippen LogP contribution is -2.54. The molecular weight excluding hydrogens is 335 g/mol. The molecule has 5 nitrogen and oxygen atoms in total. The van der Waals surface area contributed by atoms with Crippen molar-refractivity contribution in [2.75, 3.05) is 13.1 Å². The average molecular weight is 363 g/mol. The first-order chi connectivity index (χ1) is 10.1. The molecule has 132 valence electrons. The van der Waals surface area contributed by atoms with Gasteiger partial charge in [-0.2, -0.15) is 0 Å². The lowest BCUT2D eigenvalue weighted by atomic mass is 9.73. The minimum absolute atomic E-state index is 0. The van der Waals surface area contributed by atoms with Crippen molar-refractivity contribution in [1.82, 2.24) is 14.9 Å². The smallest absolute Gasteiger partial charge is 0.227 e. The van der Waals surface area contributed by atoms with E-state index < -0.39 is 0 Å². The zero-order chi connectivity index (χ0) is 14.9. The second-order valence-corrected chi connectivity index (χ2v) is 6.88. The molecule has 0 aromatic carbocycles. The number of halogens is 2. The summed E-state index contributed by atoms with van der Waals surface area (Å²) in [6, 6.07) is 0. The van der Waals surface area contributed by atoms with E-state index in [0.29, 0.717) is 5.92 Å². The Bertz CT molecular complexity index is 484. The van der Waals surface area contributed by atoms with Gasteiger partial charge in [-0.3, -0.25) is 4.79 Å². The Kier molecular flexibility index (Phi) is 7.36. The average Bonchev–Trinajstić information content (AvgIpc) is 3.00. The molecule has 1 saturated carbocycles. The Balaban J connectivity index is 0.00000132. The first-order valence-electron chi connectivity index (χ1n) is 8.15. The molecule has 2 fully saturated rings. The van der Waals surface area contributed by atoms with Gasteiger partial charge in [0, 0.05) is 36.9 Å². The second-order valence-electron chi connectivity index (χ2n) is 6.88. The van der Waals surface area contributed by atoms with E-state index in [1.54, 1.807) is 6.20 Å². The van der Waals surface area contributed by atoms with Crippen LogP contribution in [0.1, 0.15) is 57.2 Å². The highest BCUT2D eigenvalue weighted by atomic mass is 35.5. The number of likely N-dealkylation sites (tertiary alicyclic amines) is 1. The number of hydrogen-bond acceptors (Lipinski definition) is 3. The number of rotatable bonds is 2. The molecule has 1 amide bonds. The topological polar surface area (TPSA) is 75.0 Å². The van der Waals surface area contributed by atoms with E-state index in [1.807, 2.05) is 18.0 Å². The molecule has 7 heteroatoms. The molecule has 0 spiro atoms. The molecule has 1 saturated heterocycles. The largest absolute Gasteiger partial charge is 0.348 e. The Morgan fingerprint density at radius 2 is 2.00 bits per heavy atom. The molecule has 2 heterocycles. The predicted molar refractivity (Wildman–Crippen MR) is 96.2 cm³/mol. The highest BCUT2D eigenvalue weighted by molar-refractivity contribution is 5.85. The van der Waals surface area contributed by atoms with Crippen molar-refractivity contribution < 1.29 is 4.79 Å². The molecule has 1 aliphatic heterocycles. The van der Waals surface area contributed by atoms with Crippen LogP contribution >= 0.6 is 24.8 Å². The predicted octanol–water partition coefficient (Wildman–Crippen LogP) is 2.87. The number of carbonyl (C=O) groups is 1. The van der Waals surface area contributed by atoms with Crippen LogP contribution < -0.4 is 5.73 Å². The number of nitrogens with zero attached hydrogens (tertiary/aromatic N) is 2. The minimum atomic E-state index is -0.326. The first kappa shape index (κ1) is 20.3. The molecular formula is C16H28Cl2N4O. The molecule has 2 atom stereocenters. The van der Waals surface area contributed by atoms with Gasteiger partial charge in [0.2, 0.25) is 5.91 Å². The van der Waals surface area contributed by atoms with Crippen LogP contribution in [0.4, 0.5) is 0 Å². The van der Waals surface area contributed by atoms with E-state index in [1.165, 1.54) is 0 Å². The third-order valence-corrected chi connectivity index (χ3v) is 5.27. The van der Waals surface area contributed by atoms with E-state index in [2.05, 4.69) is 9.97 Å². The van der Waals surface area contributed by atoms with E-state index >= 15 is 0 Å². The van der Waals surface area contributed by atoms with Crippen LogP contribution in [0.25, 0.3) is 0 Å². The van der Waals surface area contributed by atoms with Crippen molar-refractivity contribution in [1.29, 1.82) is 0 Å². The molecule has 1 aliphatic carbocycles. The molecule has 1 aromatic rings. The van der Waals surface area contributed by atoms with Crippen LogP contribution in [-0.4, -0.2) is 39.4 Å². The lowest BCUT2D eigenvalue weighted by molar-refractivity contribution is -0.140. The van der Waals surface area contributed by atoms with Gasteiger partial charge in [-0.25, -0.2) is 4.98 Å². The summed E-state index contributed by atoms with van der Waals surface area (Å²) in [6.07, 6.45) is 9.85. The fraction of sp³-hybridized carbons (Fsp3) is 0.750. The number of hydrogen-bond donors (Lipinski definition) is 2. The number of nitrogens with two attached hydrogens (primary N) is 1. The SMILES string of the molecule is CC1(N)CCCCC1C(=O)N1CCC(c2ncc[nH]2)CC1.Cl.Cl. The molecule has 0 bridgehead atoms. The third-order valence-electron chi connectivity index (χ3n) is 5.27.